The number of hydrogen-bond donors (Lipinski definition) is 0. The van der Waals surface area contributed by atoms with Crippen molar-refractivity contribution in [3.05, 3.63) is 217 Å². The summed E-state index contributed by atoms with van der Waals surface area (Å²) in [6.07, 6.45) is 0. The lowest BCUT2D eigenvalue weighted by Gasteiger charge is -2.21. The van der Waals surface area contributed by atoms with E-state index in [9.17, 15) is 0 Å². The highest BCUT2D eigenvalue weighted by Gasteiger charge is 2.36. The van der Waals surface area contributed by atoms with Crippen molar-refractivity contribution in [2.75, 3.05) is 0 Å². The second-order valence-electron chi connectivity index (χ2n) is 17.6. The van der Waals surface area contributed by atoms with E-state index in [1.54, 1.807) is 0 Å². The highest BCUT2D eigenvalue weighted by atomic mass is 16.3. The molecule has 0 N–H and O–H groups in total. The highest BCUT2D eigenvalue weighted by molar-refractivity contribution is 6.22. The van der Waals surface area contributed by atoms with Crippen molar-refractivity contribution in [3.8, 4) is 55.6 Å². The third-order valence-electron chi connectivity index (χ3n) is 13.9. The molecule has 1 aliphatic rings. The molecule has 0 saturated heterocycles. The summed E-state index contributed by atoms with van der Waals surface area (Å²) in [6, 6.07) is 76.2. The zero-order chi connectivity index (χ0) is 41.1. The van der Waals surface area contributed by atoms with Crippen LogP contribution in [0.15, 0.2) is 211 Å². The van der Waals surface area contributed by atoms with E-state index >= 15 is 0 Å². The fourth-order valence-corrected chi connectivity index (χ4v) is 10.9. The fourth-order valence-electron chi connectivity index (χ4n) is 10.9. The Morgan fingerprint density at radius 1 is 0.290 bits per heavy atom. The van der Waals surface area contributed by atoms with E-state index in [-0.39, 0.29) is 5.41 Å². The van der Waals surface area contributed by atoms with Crippen LogP contribution in [0.2, 0.25) is 0 Å². The van der Waals surface area contributed by atoms with Gasteiger partial charge in [-0.25, -0.2) is 0 Å². The fraction of sp³-hybridized carbons (Fsp3) is 0.0492. The number of benzene rings is 11. The molecule has 1 aromatic heterocycles. The van der Waals surface area contributed by atoms with Gasteiger partial charge in [0, 0.05) is 16.2 Å². The van der Waals surface area contributed by atoms with E-state index in [0.29, 0.717) is 0 Å². The molecule has 13 rings (SSSR count). The first kappa shape index (κ1) is 35.1. The molecule has 0 amide bonds. The van der Waals surface area contributed by atoms with Crippen LogP contribution in [0.4, 0.5) is 0 Å². The largest absolute Gasteiger partial charge is 0.456 e. The van der Waals surface area contributed by atoms with Crippen molar-refractivity contribution in [1.29, 1.82) is 0 Å². The van der Waals surface area contributed by atoms with Gasteiger partial charge in [0.2, 0.25) is 0 Å². The first-order valence-electron chi connectivity index (χ1n) is 21.7. The van der Waals surface area contributed by atoms with Crippen LogP contribution in [0.25, 0.3) is 121 Å². The summed E-state index contributed by atoms with van der Waals surface area (Å²) in [5, 5.41) is 12.3. The quantitative estimate of drug-likeness (QED) is 0.162. The maximum Gasteiger partial charge on any atom is 0.135 e. The Labute approximate surface area is 360 Å². The summed E-state index contributed by atoms with van der Waals surface area (Å²) >= 11 is 0. The molecule has 0 unspecified atom stereocenters. The van der Waals surface area contributed by atoms with Crippen molar-refractivity contribution in [1.82, 2.24) is 0 Å². The van der Waals surface area contributed by atoms with Crippen LogP contribution < -0.4 is 0 Å². The molecule has 0 saturated carbocycles. The van der Waals surface area contributed by atoms with Crippen molar-refractivity contribution in [2.45, 2.75) is 19.3 Å². The van der Waals surface area contributed by atoms with Gasteiger partial charge in [0.1, 0.15) is 11.2 Å². The van der Waals surface area contributed by atoms with Crippen LogP contribution in [-0.4, -0.2) is 0 Å². The topological polar surface area (TPSA) is 13.1 Å². The summed E-state index contributed by atoms with van der Waals surface area (Å²) in [5.74, 6) is 0. The van der Waals surface area contributed by atoms with E-state index in [2.05, 4.69) is 220 Å². The zero-order valence-corrected chi connectivity index (χ0v) is 34.5. The molecule has 0 fully saturated rings. The van der Waals surface area contributed by atoms with Crippen molar-refractivity contribution < 1.29 is 4.42 Å². The zero-order valence-electron chi connectivity index (χ0n) is 34.5. The van der Waals surface area contributed by atoms with Gasteiger partial charge in [-0.15, -0.1) is 0 Å². The summed E-state index contributed by atoms with van der Waals surface area (Å²) in [7, 11) is 0. The van der Waals surface area contributed by atoms with E-state index in [0.717, 1.165) is 21.9 Å². The van der Waals surface area contributed by atoms with Crippen LogP contribution in [0.3, 0.4) is 0 Å². The smallest absolute Gasteiger partial charge is 0.135 e. The molecule has 1 aliphatic carbocycles. The third-order valence-corrected chi connectivity index (χ3v) is 13.9. The third kappa shape index (κ3) is 5.09. The van der Waals surface area contributed by atoms with Crippen LogP contribution in [0.1, 0.15) is 25.0 Å². The summed E-state index contributed by atoms with van der Waals surface area (Å²) in [5.41, 5.74) is 17.0. The summed E-state index contributed by atoms with van der Waals surface area (Å²) in [4.78, 5) is 0. The molecule has 12 aromatic rings. The second-order valence-corrected chi connectivity index (χ2v) is 17.6. The molecule has 0 radical (unpaired) electrons. The maximum atomic E-state index is 6.55. The monoisotopic (exact) mass is 788 g/mol. The Hall–Kier alpha value is -7.74. The molecule has 11 aromatic carbocycles. The van der Waals surface area contributed by atoms with Crippen molar-refractivity contribution in [2.24, 2.45) is 0 Å². The lowest BCUT2D eigenvalue weighted by molar-refractivity contribution is 0.661. The average Bonchev–Trinajstić information content (AvgIpc) is 3.80. The van der Waals surface area contributed by atoms with Gasteiger partial charge in [-0.2, -0.15) is 0 Å². The second kappa shape index (κ2) is 13.1. The molecule has 0 bridgehead atoms. The Balaban J connectivity index is 0.949. The van der Waals surface area contributed by atoms with Gasteiger partial charge in [-0.3, -0.25) is 0 Å². The lowest BCUT2D eigenvalue weighted by Crippen LogP contribution is -2.14. The van der Waals surface area contributed by atoms with Gasteiger partial charge in [-0.1, -0.05) is 190 Å². The van der Waals surface area contributed by atoms with Crippen LogP contribution in [0.5, 0.6) is 0 Å². The van der Waals surface area contributed by atoms with Crippen molar-refractivity contribution in [3.63, 3.8) is 0 Å². The number of rotatable bonds is 4. The molecule has 1 heterocycles. The van der Waals surface area contributed by atoms with Crippen molar-refractivity contribution >= 4 is 65.0 Å². The van der Waals surface area contributed by atoms with E-state index < -0.39 is 0 Å². The van der Waals surface area contributed by atoms with Gasteiger partial charge in [0.05, 0.1) is 0 Å². The van der Waals surface area contributed by atoms with Gasteiger partial charge in [0.15, 0.2) is 0 Å². The average molecular weight is 789 g/mol. The van der Waals surface area contributed by atoms with E-state index in [4.69, 9.17) is 4.42 Å². The number of hydrogen-bond acceptors (Lipinski definition) is 1. The molecule has 0 aliphatic heterocycles. The Morgan fingerprint density at radius 3 is 1.44 bits per heavy atom. The Bertz CT molecular complexity index is 3760. The van der Waals surface area contributed by atoms with Crippen LogP contribution in [0, 0.1) is 0 Å². The predicted molar refractivity (Wildman–Crippen MR) is 263 cm³/mol. The summed E-state index contributed by atoms with van der Waals surface area (Å²) in [6.45, 7) is 4.72. The van der Waals surface area contributed by atoms with E-state index in [1.807, 2.05) is 0 Å². The Morgan fingerprint density at radius 2 is 0.758 bits per heavy atom. The minimum atomic E-state index is -0.0659. The molecule has 62 heavy (non-hydrogen) atoms. The van der Waals surface area contributed by atoms with Crippen LogP contribution in [-0.2, 0) is 5.41 Å². The predicted octanol–water partition coefficient (Wildman–Crippen LogP) is 17.2. The SMILES string of the molecule is CC1(C)c2ccc(-c3ccc4oc5ccc(-c6c7ccccc7c(-c7ccc(-c8cccc9ccccc89)cc7)c7ccccc67)cc5c4c3)cc2-c2c1ccc1ccccc21. The number of fused-ring (bicyclic) bond motifs is 11. The molecule has 0 spiro atoms. The molecule has 0 atom stereocenters. The van der Waals surface area contributed by atoms with E-state index in [1.165, 1.54) is 110 Å². The molecular formula is C61H40O. The normalized spacial score (nSPS) is 13.1. The van der Waals surface area contributed by atoms with Crippen LogP contribution >= 0.6 is 0 Å². The maximum absolute atomic E-state index is 6.55. The molecule has 290 valence electrons. The summed E-state index contributed by atoms with van der Waals surface area (Å²) < 4.78 is 6.55. The van der Waals surface area contributed by atoms with Gasteiger partial charge in [0.25, 0.3) is 0 Å². The number of furan rings is 1. The molecular weight excluding hydrogens is 749 g/mol. The van der Waals surface area contributed by atoms with Gasteiger partial charge in [-0.05, 0) is 140 Å². The Kier molecular flexibility index (Phi) is 7.42. The lowest BCUT2D eigenvalue weighted by atomic mass is 9.82. The van der Waals surface area contributed by atoms with Gasteiger partial charge < -0.3 is 4.42 Å². The minimum Gasteiger partial charge on any atom is -0.456 e. The molecule has 1 nitrogen and oxygen atoms in total. The highest BCUT2D eigenvalue weighted by Crippen LogP contribution is 2.52. The first-order chi connectivity index (χ1) is 30.5. The van der Waals surface area contributed by atoms with Gasteiger partial charge >= 0.3 is 0 Å². The first-order valence-corrected chi connectivity index (χ1v) is 21.7. The minimum absolute atomic E-state index is 0.0659. The standard InChI is InChI=1S/C61H40O/c1-61(2)54-30-27-41(35-53(54)60-46-16-6-4-13-38(46)26-31-55(60)61)42-28-32-56-51(34-42)52-36-43(29-33-57(52)62-56)59-49-19-9-7-17-47(49)58(48-18-8-10-20-50(48)59)40-24-22-39(23-25-40)45-21-11-14-37-12-3-5-15-44(37)45/h3-36H,1-2H3. The molecule has 1 heteroatoms.